The van der Waals surface area contributed by atoms with Gasteiger partial charge in [0.15, 0.2) is 8.32 Å². The fourth-order valence-corrected chi connectivity index (χ4v) is 4.31. The number of carbonyl (C=O) groups is 1. The van der Waals surface area contributed by atoms with E-state index in [4.69, 9.17) is 21.1 Å². The minimum atomic E-state index is -1.82. The molecule has 1 N–H and O–H groups in total. The Kier molecular flexibility index (Phi) is 6.13. The van der Waals surface area contributed by atoms with Gasteiger partial charge in [0.05, 0.1) is 17.3 Å². The van der Waals surface area contributed by atoms with Crippen LogP contribution < -0.4 is 0 Å². The summed E-state index contributed by atoms with van der Waals surface area (Å²) in [4.78, 5) is 15.8. The molecule has 0 amide bonds. The number of hydrogen-bond acceptors (Lipinski definition) is 4. The van der Waals surface area contributed by atoms with Gasteiger partial charge in [-0.25, -0.2) is 9.78 Å². The van der Waals surface area contributed by atoms with Crippen LogP contribution in [0, 0.1) is 0 Å². The second kappa shape index (κ2) is 8.17. The molecule has 0 saturated heterocycles. The smallest absolute Gasteiger partial charge is 0.416 e. The van der Waals surface area contributed by atoms with Crippen molar-refractivity contribution < 1.29 is 14.3 Å². The first-order valence-electron chi connectivity index (χ1n) is 10.0. The molecule has 0 aliphatic heterocycles. The molecule has 0 saturated carbocycles. The largest absolute Gasteiger partial charge is 0.464 e. The van der Waals surface area contributed by atoms with Gasteiger partial charge in [-0.15, -0.1) is 0 Å². The van der Waals surface area contributed by atoms with Crippen LogP contribution in [0.25, 0.3) is 22.3 Å². The van der Waals surface area contributed by atoms with E-state index in [1.807, 2.05) is 4.68 Å². The molecule has 1 unspecified atom stereocenters. The Morgan fingerprint density at radius 1 is 1.37 bits per heavy atom. The van der Waals surface area contributed by atoms with Crippen LogP contribution in [0.3, 0.4) is 0 Å². The molecule has 3 rings (SSSR count). The zero-order valence-corrected chi connectivity index (χ0v) is 20.1. The lowest BCUT2D eigenvalue weighted by Gasteiger charge is -2.36. The van der Waals surface area contributed by atoms with Gasteiger partial charge in [-0.1, -0.05) is 32.4 Å². The van der Waals surface area contributed by atoms with E-state index in [-0.39, 0.29) is 11.1 Å². The van der Waals surface area contributed by atoms with Crippen LogP contribution in [0.5, 0.6) is 0 Å². The molecule has 0 aromatic carbocycles. The summed E-state index contributed by atoms with van der Waals surface area (Å²) in [5, 5.41) is 15.5. The maximum Gasteiger partial charge on any atom is 0.416 e. The molecule has 30 heavy (non-hydrogen) atoms. The number of nitrogens with zero attached hydrogens (tertiary/aromatic N) is 4. The van der Waals surface area contributed by atoms with Gasteiger partial charge in [-0.05, 0) is 43.6 Å². The summed E-state index contributed by atoms with van der Waals surface area (Å²) in [5.74, 6) is 0. The first-order chi connectivity index (χ1) is 13.9. The van der Waals surface area contributed by atoms with Crippen molar-refractivity contribution in [3.63, 3.8) is 0 Å². The number of aromatic nitrogens is 4. The van der Waals surface area contributed by atoms with Crippen LogP contribution in [-0.2, 0) is 4.43 Å². The van der Waals surface area contributed by atoms with Crippen LogP contribution in [0.15, 0.2) is 30.6 Å². The summed E-state index contributed by atoms with van der Waals surface area (Å²) >= 11 is 6.15. The zero-order valence-electron chi connectivity index (χ0n) is 18.3. The number of fused-ring (bicyclic) bond motifs is 1. The Labute approximate surface area is 182 Å². The van der Waals surface area contributed by atoms with Crippen molar-refractivity contribution in [2.75, 3.05) is 6.61 Å². The van der Waals surface area contributed by atoms with Crippen LogP contribution in [0.2, 0.25) is 23.3 Å². The molecule has 0 aliphatic carbocycles. The maximum absolute atomic E-state index is 11.6. The minimum absolute atomic E-state index is 0.0396. The Morgan fingerprint density at radius 3 is 2.70 bits per heavy atom. The van der Waals surface area contributed by atoms with E-state index in [1.165, 1.54) is 6.20 Å². The standard InChI is InChI=1S/C21H29ClN4O3Si/c1-14(9-11-29-30(5,6)21(2,3)4)26-17-12-18(22)23-13-15(17)19(24-26)16-8-7-10-25(16)20(27)28/h7-8,10,12-14H,9,11H2,1-6H3,(H,27,28). The summed E-state index contributed by atoms with van der Waals surface area (Å²) in [6, 6.07) is 5.23. The third-order valence-corrected chi connectivity index (χ3v) is 10.7. The molecule has 3 heterocycles. The summed E-state index contributed by atoms with van der Waals surface area (Å²) in [7, 11) is -1.82. The van der Waals surface area contributed by atoms with Gasteiger partial charge in [-0.3, -0.25) is 9.25 Å². The number of halogens is 1. The molecule has 0 spiro atoms. The van der Waals surface area contributed by atoms with Gasteiger partial charge in [0.25, 0.3) is 0 Å². The Hall–Kier alpha value is -2.16. The van der Waals surface area contributed by atoms with Crippen LogP contribution in [0.4, 0.5) is 4.79 Å². The summed E-state index contributed by atoms with van der Waals surface area (Å²) in [6.07, 6.45) is 2.87. The fraction of sp³-hybridized carbons (Fsp3) is 0.476. The normalized spacial score (nSPS) is 13.7. The van der Waals surface area contributed by atoms with Gasteiger partial charge in [-0.2, -0.15) is 5.10 Å². The van der Waals surface area contributed by atoms with E-state index >= 15 is 0 Å². The first-order valence-corrected chi connectivity index (χ1v) is 13.3. The predicted molar refractivity (Wildman–Crippen MR) is 122 cm³/mol. The average Bonchev–Trinajstić information content (AvgIpc) is 3.24. The van der Waals surface area contributed by atoms with Crippen molar-refractivity contribution in [2.24, 2.45) is 0 Å². The average molecular weight is 449 g/mol. The van der Waals surface area contributed by atoms with Gasteiger partial charge in [0.2, 0.25) is 0 Å². The monoisotopic (exact) mass is 448 g/mol. The van der Waals surface area contributed by atoms with E-state index < -0.39 is 14.4 Å². The maximum atomic E-state index is 11.6. The summed E-state index contributed by atoms with van der Waals surface area (Å²) < 4.78 is 9.38. The second-order valence-electron chi connectivity index (χ2n) is 9.11. The molecule has 9 heteroatoms. The summed E-state index contributed by atoms with van der Waals surface area (Å²) in [6.45, 7) is 13.9. The Morgan fingerprint density at radius 2 is 2.07 bits per heavy atom. The molecule has 3 aromatic rings. The van der Waals surface area contributed by atoms with Gasteiger partial charge in [0, 0.05) is 30.5 Å². The topological polar surface area (TPSA) is 82.2 Å². The molecule has 3 aromatic heterocycles. The molecule has 162 valence electrons. The highest BCUT2D eigenvalue weighted by Crippen LogP contribution is 2.37. The van der Waals surface area contributed by atoms with Crippen molar-refractivity contribution in [2.45, 2.75) is 58.3 Å². The van der Waals surface area contributed by atoms with Gasteiger partial charge < -0.3 is 9.53 Å². The van der Waals surface area contributed by atoms with Crippen molar-refractivity contribution in [1.29, 1.82) is 0 Å². The van der Waals surface area contributed by atoms with E-state index in [0.29, 0.717) is 23.1 Å². The molecule has 7 nitrogen and oxygen atoms in total. The number of rotatable bonds is 6. The predicted octanol–water partition coefficient (Wildman–Crippen LogP) is 6.05. The van der Waals surface area contributed by atoms with Crippen molar-refractivity contribution in [3.05, 3.63) is 35.7 Å². The SMILES string of the molecule is CC(CCO[Si](C)(C)C(C)(C)C)n1nc(-c2cccn2C(=O)O)c2cnc(Cl)cc21. The number of hydrogen-bond donors (Lipinski definition) is 1. The molecule has 0 aliphatic rings. The van der Waals surface area contributed by atoms with Gasteiger partial charge in [0.1, 0.15) is 10.8 Å². The van der Waals surface area contributed by atoms with E-state index in [1.54, 1.807) is 24.4 Å². The van der Waals surface area contributed by atoms with Crippen LogP contribution in [0.1, 0.15) is 40.2 Å². The molecule has 0 bridgehead atoms. The lowest BCUT2D eigenvalue weighted by Crippen LogP contribution is -2.41. The third-order valence-electron chi connectivity index (χ3n) is 5.98. The minimum Gasteiger partial charge on any atom is -0.464 e. The second-order valence-corrected chi connectivity index (χ2v) is 14.3. The molecule has 0 fully saturated rings. The molecular formula is C21H29ClN4O3Si. The quantitative estimate of drug-likeness (QED) is 0.366. The first kappa shape index (κ1) is 22.5. The fourth-order valence-electron chi connectivity index (χ4n) is 3.10. The van der Waals surface area contributed by atoms with Crippen LogP contribution >= 0.6 is 11.6 Å². The third kappa shape index (κ3) is 4.31. The summed E-state index contributed by atoms with van der Waals surface area (Å²) in [5.41, 5.74) is 1.89. The van der Waals surface area contributed by atoms with Crippen molar-refractivity contribution >= 4 is 36.9 Å². The highest BCUT2D eigenvalue weighted by Gasteiger charge is 2.37. The molecule has 0 radical (unpaired) electrons. The van der Waals surface area contributed by atoms with Gasteiger partial charge >= 0.3 is 6.09 Å². The highest BCUT2D eigenvalue weighted by molar-refractivity contribution is 6.74. The van der Waals surface area contributed by atoms with Crippen LogP contribution in [-0.4, -0.2) is 45.5 Å². The number of carboxylic acid groups (broad SMARTS) is 1. The Bertz CT molecular complexity index is 1070. The van der Waals surface area contributed by atoms with E-state index in [9.17, 15) is 9.90 Å². The van der Waals surface area contributed by atoms with E-state index in [0.717, 1.165) is 21.9 Å². The highest BCUT2D eigenvalue weighted by atomic mass is 35.5. The Balaban J connectivity index is 1.93. The van der Waals surface area contributed by atoms with Crippen molar-refractivity contribution in [1.82, 2.24) is 19.3 Å². The lowest BCUT2D eigenvalue weighted by atomic mass is 10.2. The molecular weight excluding hydrogens is 420 g/mol. The number of pyridine rings is 1. The van der Waals surface area contributed by atoms with Crippen molar-refractivity contribution in [3.8, 4) is 11.4 Å². The lowest BCUT2D eigenvalue weighted by molar-refractivity contribution is 0.197. The zero-order chi connectivity index (χ0) is 22.3. The molecule has 1 atom stereocenters. The van der Waals surface area contributed by atoms with E-state index in [2.05, 4.69) is 45.8 Å².